The first-order chi connectivity index (χ1) is 16.6. The molecule has 2 aromatic rings. The molecule has 0 radical (unpaired) electrons. The van der Waals surface area contributed by atoms with E-state index in [1.54, 1.807) is 19.4 Å². The zero-order valence-electron chi connectivity index (χ0n) is 21.3. The van der Waals surface area contributed by atoms with Crippen molar-refractivity contribution in [3.05, 3.63) is 70.8 Å². The van der Waals surface area contributed by atoms with E-state index >= 15 is 0 Å². The first-order valence-corrected chi connectivity index (χ1v) is 11.6. The molecule has 1 aromatic heterocycles. The van der Waals surface area contributed by atoms with E-state index in [1.165, 1.54) is 12.1 Å². The van der Waals surface area contributed by atoms with Crippen molar-refractivity contribution in [1.82, 2.24) is 14.9 Å². The Morgan fingerprint density at radius 3 is 2.86 bits per heavy atom. The first kappa shape index (κ1) is 26.5. The first-order valence-electron chi connectivity index (χ1n) is 11.6. The molecule has 4 N–H and O–H groups in total. The van der Waals surface area contributed by atoms with Crippen molar-refractivity contribution in [2.45, 2.75) is 40.0 Å². The van der Waals surface area contributed by atoms with Crippen LogP contribution in [0.25, 0.3) is 0 Å². The lowest BCUT2D eigenvalue weighted by molar-refractivity contribution is -0.160. The number of nitrogens with zero attached hydrogens (tertiary/aromatic N) is 3. The molecule has 0 amide bonds. The lowest BCUT2D eigenvalue weighted by Crippen LogP contribution is -2.35. The normalized spacial score (nSPS) is 15.5. The van der Waals surface area contributed by atoms with Gasteiger partial charge in [0.2, 0.25) is 0 Å². The molecule has 35 heavy (non-hydrogen) atoms. The molecule has 190 valence electrons. The summed E-state index contributed by atoms with van der Waals surface area (Å²) >= 11 is 0. The average molecular weight is 484 g/mol. The highest BCUT2D eigenvalue weighted by atomic mass is 16.5. The van der Waals surface area contributed by atoms with Crippen LogP contribution in [0.15, 0.2) is 48.4 Å². The quantitative estimate of drug-likeness (QED) is 0.315. The highest BCUT2D eigenvalue weighted by molar-refractivity contribution is 5.77. The summed E-state index contributed by atoms with van der Waals surface area (Å²) in [7, 11) is 3.06. The van der Waals surface area contributed by atoms with Crippen molar-refractivity contribution in [2.75, 3.05) is 33.9 Å². The van der Waals surface area contributed by atoms with Gasteiger partial charge in [0.05, 0.1) is 36.6 Å². The highest BCUT2D eigenvalue weighted by Gasteiger charge is 2.40. The number of rotatable bonds is 9. The molecule has 1 aliphatic heterocycles. The topological polar surface area (TPSA) is 116 Å². The lowest BCUT2D eigenvalue weighted by Gasteiger charge is -2.33. The zero-order valence-corrected chi connectivity index (χ0v) is 21.3. The Balaban J connectivity index is 1.88. The van der Waals surface area contributed by atoms with Crippen molar-refractivity contribution in [2.24, 2.45) is 17.0 Å². The number of pyridine rings is 1. The molecule has 0 saturated heterocycles. The second kappa shape index (κ2) is 11.5. The second-order valence-electron chi connectivity index (χ2n) is 9.47. The predicted molar refractivity (Wildman–Crippen MR) is 134 cm³/mol. The van der Waals surface area contributed by atoms with Gasteiger partial charge in [0, 0.05) is 39.1 Å². The Morgan fingerprint density at radius 1 is 1.37 bits per heavy atom. The number of hydrogen-bond donors (Lipinski definition) is 2. The van der Waals surface area contributed by atoms with Crippen molar-refractivity contribution in [3.8, 4) is 5.75 Å². The largest absolute Gasteiger partial charge is 0.490 e. The van der Waals surface area contributed by atoms with E-state index in [4.69, 9.17) is 25.8 Å². The molecule has 1 aliphatic rings. The van der Waals surface area contributed by atoms with Crippen LogP contribution >= 0.6 is 0 Å². The molecule has 9 heteroatoms. The number of aryl methyl sites for hydroxylation is 1. The zero-order chi connectivity index (χ0) is 25.6. The number of hydrazine groups is 1. The Labute approximate surface area is 207 Å². The Bertz CT molecular complexity index is 1050. The van der Waals surface area contributed by atoms with Crippen LogP contribution in [0.2, 0.25) is 0 Å². The molecule has 1 aromatic carbocycles. The van der Waals surface area contributed by atoms with Crippen LogP contribution in [0.1, 0.15) is 42.3 Å². The van der Waals surface area contributed by atoms with Crippen LogP contribution in [0.4, 0.5) is 0 Å². The monoisotopic (exact) mass is 483 g/mol. The molecular formula is C26H37N5O4. The summed E-state index contributed by atoms with van der Waals surface area (Å²) in [4.78, 5) is 19.5. The van der Waals surface area contributed by atoms with Gasteiger partial charge in [-0.1, -0.05) is 18.2 Å². The fraction of sp³-hybridized carbons (Fsp3) is 0.462. The number of ether oxygens (including phenoxy) is 3. The van der Waals surface area contributed by atoms with Crippen molar-refractivity contribution < 1.29 is 19.0 Å². The number of methoxy groups -OCH3 is 1. The maximum absolute atomic E-state index is 12.7. The van der Waals surface area contributed by atoms with Crippen molar-refractivity contribution in [3.63, 3.8) is 0 Å². The molecule has 9 nitrogen and oxygen atoms in total. The van der Waals surface area contributed by atoms with Gasteiger partial charge in [0.15, 0.2) is 0 Å². The predicted octanol–water partition coefficient (Wildman–Crippen LogP) is 2.65. The number of nitrogens with two attached hydrogens (primary N) is 2. The minimum absolute atomic E-state index is 0.113. The average Bonchev–Trinajstić information content (AvgIpc) is 3.01. The molecule has 1 unspecified atom stereocenters. The summed E-state index contributed by atoms with van der Waals surface area (Å²) in [5.41, 5.74) is 9.65. The maximum Gasteiger partial charge on any atom is 0.314 e. The van der Waals surface area contributed by atoms with Gasteiger partial charge in [-0.2, -0.15) is 0 Å². The van der Waals surface area contributed by atoms with Crippen LogP contribution in [-0.2, 0) is 27.4 Å². The molecule has 3 rings (SSSR count). The SMILES string of the molecule is COC(=O)C(C)(C)C(OC/C(N)=C/N(C)N)c1ccc(C)c(CN2CCOc3cccnc3C2)c1. The Kier molecular flexibility index (Phi) is 8.71. The molecular weight excluding hydrogens is 446 g/mol. The Morgan fingerprint density at radius 2 is 2.14 bits per heavy atom. The van der Waals surface area contributed by atoms with E-state index < -0.39 is 11.5 Å². The number of hydrogen-bond acceptors (Lipinski definition) is 9. The van der Waals surface area contributed by atoms with E-state index in [1.807, 2.05) is 32.0 Å². The number of fused-ring (bicyclic) bond motifs is 1. The number of aromatic nitrogens is 1. The summed E-state index contributed by atoms with van der Waals surface area (Å²) in [6.45, 7) is 8.60. The Hall–Kier alpha value is -3.14. The fourth-order valence-electron chi connectivity index (χ4n) is 4.22. The standard InChI is InChI=1S/C26H37N5O4/c1-18-8-9-19(24(26(2,3)25(32)33-5)35-17-21(27)15-30(4)28)13-20(18)14-31-11-12-34-23-7-6-10-29-22(23)16-31/h6-10,13,15,24H,11-12,14,16-17,27-28H2,1-5H3/b21-15-. The molecule has 1 atom stereocenters. The van der Waals surface area contributed by atoms with Crippen LogP contribution in [0, 0.1) is 12.3 Å². The second-order valence-corrected chi connectivity index (χ2v) is 9.47. The van der Waals surface area contributed by atoms with Gasteiger partial charge in [-0.05, 0) is 49.6 Å². The summed E-state index contributed by atoms with van der Waals surface area (Å²) < 4.78 is 17.2. The smallest absolute Gasteiger partial charge is 0.314 e. The number of carbonyl (C=O) groups excluding carboxylic acids is 1. The van der Waals surface area contributed by atoms with E-state index in [0.29, 0.717) is 25.4 Å². The molecule has 2 heterocycles. The van der Waals surface area contributed by atoms with E-state index in [9.17, 15) is 4.79 Å². The number of carbonyl (C=O) groups is 1. The minimum atomic E-state index is -0.949. The molecule has 0 aliphatic carbocycles. The molecule has 0 fully saturated rings. The van der Waals surface area contributed by atoms with Crippen LogP contribution in [0.3, 0.4) is 0 Å². The third kappa shape index (κ3) is 6.72. The summed E-state index contributed by atoms with van der Waals surface area (Å²) in [6, 6.07) is 9.99. The number of esters is 1. The van der Waals surface area contributed by atoms with Crippen LogP contribution in [-0.4, -0.2) is 54.8 Å². The van der Waals surface area contributed by atoms with Crippen molar-refractivity contribution >= 4 is 5.97 Å². The van der Waals surface area contributed by atoms with Gasteiger partial charge >= 0.3 is 5.97 Å². The van der Waals surface area contributed by atoms with Gasteiger partial charge in [-0.25, -0.2) is 5.84 Å². The summed E-state index contributed by atoms with van der Waals surface area (Å²) in [6.07, 6.45) is 2.78. The van der Waals surface area contributed by atoms with Crippen LogP contribution < -0.4 is 16.3 Å². The van der Waals surface area contributed by atoms with E-state index in [-0.39, 0.29) is 12.6 Å². The third-order valence-electron chi connectivity index (χ3n) is 6.11. The third-order valence-corrected chi connectivity index (χ3v) is 6.11. The number of benzene rings is 1. The molecule has 0 bridgehead atoms. The van der Waals surface area contributed by atoms with Crippen molar-refractivity contribution in [1.29, 1.82) is 0 Å². The fourth-order valence-corrected chi connectivity index (χ4v) is 4.22. The minimum Gasteiger partial charge on any atom is -0.490 e. The van der Waals surface area contributed by atoms with Gasteiger partial charge in [-0.3, -0.25) is 14.7 Å². The maximum atomic E-state index is 12.7. The van der Waals surface area contributed by atoms with Crippen LogP contribution in [0.5, 0.6) is 5.75 Å². The molecule has 0 spiro atoms. The van der Waals surface area contributed by atoms with E-state index in [0.717, 1.165) is 34.7 Å². The van der Waals surface area contributed by atoms with Gasteiger partial charge in [0.25, 0.3) is 0 Å². The summed E-state index contributed by atoms with van der Waals surface area (Å²) in [5, 5.41) is 1.36. The lowest BCUT2D eigenvalue weighted by atomic mass is 9.81. The van der Waals surface area contributed by atoms with Gasteiger partial charge < -0.3 is 25.0 Å². The summed E-state index contributed by atoms with van der Waals surface area (Å²) in [5.74, 6) is 6.13. The highest BCUT2D eigenvalue weighted by Crippen LogP contribution is 2.39. The van der Waals surface area contributed by atoms with E-state index in [2.05, 4.69) is 28.9 Å². The van der Waals surface area contributed by atoms with Gasteiger partial charge in [-0.15, -0.1) is 0 Å². The van der Waals surface area contributed by atoms with Gasteiger partial charge in [0.1, 0.15) is 12.4 Å². The molecule has 0 saturated carbocycles.